The molecule has 100 valence electrons. The van der Waals surface area contributed by atoms with Crippen LogP contribution in [0.4, 0.5) is 4.39 Å². The van der Waals surface area contributed by atoms with Gasteiger partial charge in [0.25, 0.3) is 0 Å². The van der Waals surface area contributed by atoms with Gasteiger partial charge >= 0.3 is 0 Å². The zero-order valence-electron chi connectivity index (χ0n) is 10.0. The fourth-order valence-corrected chi connectivity index (χ4v) is 2.12. The van der Waals surface area contributed by atoms with E-state index >= 15 is 0 Å². The second-order valence-corrected chi connectivity index (χ2v) is 5.33. The molecule has 2 rings (SSSR count). The van der Waals surface area contributed by atoms with E-state index in [9.17, 15) is 9.50 Å². The van der Waals surface area contributed by atoms with E-state index in [1.54, 1.807) is 31.2 Å². The number of hydrogen-bond donors (Lipinski definition) is 1. The maximum absolute atomic E-state index is 13.8. The van der Waals surface area contributed by atoms with E-state index in [0.29, 0.717) is 16.3 Å². The number of benzene rings is 2. The number of rotatable bonds is 3. The van der Waals surface area contributed by atoms with E-state index in [1.165, 1.54) is 12.1 Å². The van der Waals surface area contributed by atoms with Crippen LogP contribution in [0.15, 0.2) is 40.9 Å². The largest absolute Gasteiger partial charge is 0.452 e. The minimum absolute atomic E-state index is 0.0162. The molecule has 0 bridgehead atoms. The second kappa shape index (κ2) is 5.90. The molecular weight excluding hydrogens is 335 g/mol. The first kappa shape index (κ1) is 14.3. The molecule has 2 aromatic rings. The lowest BCUT2D eigenvalue weighted by atomic mass is 10.1. The number of ether oxygens (including phenoxy) is 1. The van der Waals surface area contributed by atoms with Crippen molar-refractivity contribution >= 4 is 27.5 Å². The average Bonchev–Trinajstić information content (AvgIpc) is 2.35. The molecule has 0 heterocycles. The highest BCUT2D eigenvalue weighted by atomic mass is 79.9. The van der Waals surface area contributed by atoms with Crippen molar-refractivity contribution in [3.05, 3.63) is 57.3 Å². The van der Waals surface area contributed by atoms with Crippen molar-refractivity contribution in [1.82, 2.24) is 0 Å². The summed E-state index contributed by atoms with van der Waals surface area (Å²) < 4.78 is 20.1. The first-order chi connectivity index (χ1) is 8.99. The van der Waals surface area contributed by atoms with Gasteiger partial charge in [-0.25, -0.2) is 4.39 Å². The van der Waals surface area contributed by atoms with Crippen molar-refractivity contribution in [3.63, 3.8) is 0 Å². The van der Waals surface area contributed by atoms with E-state index in [1.807, 2.05) is 0 Å². The number of aliphatic hydroxyl groups excluding tert-OH is 1. The van der Waals surface area contributed by atoms with Gasteiger partial charge in [0.1, 0.15) is 5.75 Å². The molecule has 2 aromatic carbocycles. The second-order valence-electron chi connectivity index (χ2n) is 4.01. The van der Waals surface area contributed by atoms with Crippen molar-refractivity contribution in [2.45, 2.75) is 13.0 Å². The zero-order chi connectivity index (χ0) is 14.0. The average molecular weight is 346 g/mol. The van der Waals surface area contributed by atoms with Crippen LogP contribution in [0.2, 0.25) is 5.02 Å². The van der Waals surface area contributed by atoms with E-state index in [4.69, 9.17) is 16.3 Å². The maximum Gasteiger partial charge on any atom is 0.168 e. The molecule has 1 N–H and O–H groups in total. The fourth-order valence-electron chi connectivity index (χ4n) is 1.63. The fraction of sp³-hybridized carbons (Fsp3) is 0.143. The summed E-state index contributed by atoms with van der Waals surface area (Å²) in [6.45, 7) is 1.55. The Kier molecular flexibility index (Phi) is 4.45. The molecule has 0 saturated carbocycles. The first-order valence-corrected chi connectivity index (χ1v) is 6.75. The van der Waals surface area contributed by atoms with Crippen molar-refractivity contribution in [3.8, 4) is 11.5 Å². The molecule has 0 unspecified atom stereocenters. The van der Waals surface area contributed by atoms with Crippen molar-refractivity contribution < 1.29 is 14.2 Å². The Hall–Kier alpha value is -1.10. The lowest BCUT2D eigenvalue weighted by molar-refractivity contribution is 0.194. The van der Waals surface area contributed by atoms with Crippen LogP contribution in [0.25, 0.3) is 0 Å². The van der Waals surface area contributed by atoms with E-state index in [-0.39, 0.29) is 5.75 Å². The number of aliphatic hydroxyl groups is 1. The Labute approximate surface area is 123 Å². The van der Waals surface area contributed by atoms with Gasteiger partial charge in [-0.15, -0.1) is 0 Å². The summed E-state index contributed by atoms with van der Waals surface area (Å²) in [6, 6.07) is 9.44. The van der Waals surface area contributed by atoms with Crippen LogP contribution in [0.5, 0.6) is 11.5 Å². The Morgan fingerprint density at radius 2 is 2.05 bits per heavy atom. The molecule has 0 saturated heterocycles. The van der Waals surface area contributed by atoms with Crippen LogP contribution in [0.1, 0.15) is 18.6 Å². The highest BCUT2D eigenvalue weighted by molar-refractivity contribution is 9.10. The summed E-state index contributed by atoms with van der Waals surface area (Å²) in [5.74, 6) is -0.241. The Bertz CT molecular complexity index is 602. The van der Waals surface area contributed by atoms with Gasteiger partial charge in [-0.3, -0.25) is 0 Å². The standard InChI is InChI=1S/C14H11BrClFO2/c1-8(18)10-3-2-4-12(17)14(10)19-13-7-9(15)5-6-11(13)16/h2-8,18H,1H3/t8-/m1/s1. The Balaban J connectivity index is 2.46. The smallest absolute Gasteiger partial charge is 0.168 e. The van der Waals surface area contributed by atoms with Crippen LogP contribution in [0, 0.1) is 5.82 Å². The molecule has 0 spiro atoms. The van der Waals surface area contributed by atoms with Gasteiger partial charge in [-0.1, -0.05) is 39.7 Å². The normalized spacial score (nSPS) is 12.3. The van der Waals surface area contributed by atoms with Gasteiger partial charge in [0.2, 0.25) is 0 Å². The van der Waals surface area contributed by atoms with E-state index < -0.39 is 11.9 Å². The minimum atomic E-state index is -0.836. The van der Waals surface area contributed by atoms with Gasteiger partial charge in [0.15, 0.2) is 11.6 Å². The number of halogens is 3. The van der Waals surface area contributed by atoms with Gasteiger partial charge in [0.05, 0.1) is 11.1 Å². The quantitative estimate of drug-likeness (QED) is 0.840. The topological polar surface area (TPSA) is 29.5 Å². The van der Waals surface area contributed by atoms with Gasteiger partial charge in [0, 0.05) is 10.0 Å². The summed E-state index contributed by atoms with van der Waals surface area (Å²) >= 11 is 9.29. The van der Waals surface area contributed by atoms with Crippen LogP contribution in [0.3, 0.4) is 0 Å². The van der Waals surface area contributed by atoms with Crippen molar-refractivity contribution in [2.24, 2.45) is 0 Å². The molecular formula is C14H11BrClFO2. The van der Waals surface area contributed by atoms with Crippen LogP contribution >= 0.6 is 27.5 Å². The summed E-state index contributed by atoms with van der Waals surface area (Å²) in [7, 11) is 0. The van der Waals surface area contributed by atoms with Gasteiger partial charge in [-0.2, -0.15) is 0 Å². The van der Waals surface area contributed by atoms with Gasteiger partial charge in [-0.05, 0) is 31.2 Å². The molecule has 0 aromatic heterocycles. The molecule has 2 nitrogen and oxygen atoms in total. The third-order valence-corrected chi connectivity index (χ3v) is 3.36. The van der Waals surface area contributed by atoms with Crippen molar-refractivity contribution in [2.75, 3.05) is 0 Å². The summed E-state index contributed by atoms with van der Waals surface area (Å²) in [6.07, 6.45) is -0.836. The number of hydrogen-bond acceptors (Lipinski definition) is 2. The molecule has 0 aliphatic carbocycles. The zero-order valence-corrected chi connectivity index (χ0v) is 12.4. The summed E-state index contributed by atoms with van der Waals surface area (Å²) in [4.78, 5) is 0. The summed E-state index contributed by atoms with van der Waals surface area (Å²) in [5.41, 5.74) is 0.371. The molecule has 1 atom stereocenters. The lowest BCUT2D eigenvalue weighted by Gasteiger charge is -2.14. The highest BCUT2D eigenvalue weighted by Gasteiger charge is 2.16. The monoisotopic (exact) mass is 344 g/mol. The maximum atomic E-state index is 13.8. The number of para-hydroxylation sites is 1. The van der Waals surface area contributed by atoms with E-state index in [0.717, 1.165) is 4.47 Å². The van der Waals surface area contributed by atoms with Crippen LogP contribution in [-0.4, -0.2) is 5.11 Å². The predicted molar refractivity (Wildman–Crippen MR) is 76.3 cm³/mol. The molecule has 0 aliphatic heterocycles. The first-order valence-electron chi connectivity index (χ1n) is 5.58. The SMILES string of the molecule is C[C@@H](O)c1cccc(F)c1Oc1cc(Br)ccc1Cl. The third kappa shape index (κ3) is 3.26. The van der Waals surface area contributed by atoms with Crippen molar-refractivity contribution in [1.29, 1.82) is 0 Å². The highest BCUT2D eigenvalue weighted by Crippen LogP contribution is 2.36. The minimum Gasteiger partial charge on any atom is -0.452 e. The molecule has 0 fully saturated rings. The Morgan fingerprint density at radius 1 is 1.32 bits per heavy atom. The molecule has 0 radical (unpaired) electrons. The Morgan fingerprint density at radius 3 is 2.74 bits per heavy atom. The third-order valence-electron chi connectivity index (χ3n) is 2.55. The predicted octanol–water partition coefficient (Wildman–Crippen LogP) is 5.09. The molecule has 0 aliphatic rings. The van der Waals surface area contributed by atoms with Crippen LogP contribution in [-0.2, 0) is 0 Å². The molecule has 19 heavy (non-hydrogen) atoms. The lowest BCUT2D eigenvalue weighted by Crippen LogP contribution is -1.99. The summed E-state index contributed by atoms with van der Waals surface area (Å²) in [5, 5.41) is 10.0. The molecule has 5 heteroatoms. The van der Waals surface area contributed by atoms with Gasteiger partial charge < -0.3 is 9.84 Å². The molecule has 0 amide bonds. The van der Waals surface area contributed by atoms with Crippen LogP contribution < -0.4 is 4.74 Å². The van der Waals surface area contributed by atoms with E-state index in [2.05, 4.69) is 15.9 Å².